The van der Waals surface area contributed by atoms with Crippen LogP contribution in [0.15, 0.2) is 48.8 Å². The molecule has 1 N–H and O–H groups in total. The van der Waals surface area contributed by atoms with Crippen molar-refractivity contribution in [2.75, 3.05) is 24.3 Å². The zero-order chi connectivity index (χ0) is 14.4. The average Bonchev–Trinajstić information content (AvgIpc) is 2.46. The van der Waals surface area contributed by atoms with E-state index in [0.717, 1.165) is 17.8 Å². The van der Waals surface area contributed by atoms with E-state index in [9.17, 15) is 4.79 Å². The Hall–Kier alpha value is -2.36. The topological polar surface area (TPSA) is 45.2 Å². The van der Waals surface area contributed by atoms with Gasteiger partial charge in [-0.25, -0.2) is 0 Å². The number of carbonyl (C=O) groups is 1. The lowest BCUT2D eigenvalue weighted by atomic mass is 10.1. The first-order valence-corrected chi connectivity index (χ1v) is 6.61. The van der Waals surface area contributed by atoms with E-state index in [-0.39, 0.29) is 5.91 Å². The van der Waals surface area contributed by atoms with Crippen molar-refractivity contribution in [2.24, 2.45) is 0 Å². The third kappa shape index (κ3) is 4.09. The minimum Gasteiger partial charge on any atom is -0.378 e. The summed E-state index contributed by atoms with van der Waals surface area (Å²) in [5, 5.41) is 2.85. The van der Waals surface area contributed by atoms with Crippen LogP contribution in [0.5, 0.6) is 0 Å². The highest BCUT2D eigenvalue weighted by Gasteiger charge is 2.03. The van der Waals surface area contributed by atoms with Gasteiger partial charge in [-0.3, -0.25) is 9.78 Å². The molecule has 20 heavy (non-hydrogen) atoms. The molecular weight excluding hydrogens is 250 g/mol. The number of hydrogen-bond acceptors (Lipinski definition) is 3. The van der Waals surface area contributed by atoms with Crippen molar-refractivity contribution in [1.29, 1.82) is 0 Å². The fourth-order valence-corrected chi connectivity index (χ4v) is 1.88. The van der Waals surface area contributed by atoms with Crippen molar-refractivity contribution >= 4 is 17.3 Å². The fourth-order valence-electron chi connectivity index (χ4n) is 1.88. The minimum absolute atomic E-state index is 0.0212. The molecule has 0 bridgehead atoms. The number of pyridine rings is 1. The molecule has 4 heteroatoms. The first-order valence-electron chi connectivity index (χ1n) is 6.61. The standard InChI is InChI=1S/C16H19N3O/c1-19(2)15-6-3-13(4-7-15)5-8-16(20)18-14-9-11-17-12-10-14/h3-4,6-7,9-12H,5,8H2,1-2H3,(H,17,18,20). The molecule has 0 radical (unpaired) electrons. The molecule has 1 heterocycles. The van der Waals surface area contributed by atoms with Gasteiger partial charge >= 0.3 is 0 Å². The molecule has 0 saturated heterocycles. The van der Waals surface area contributed by atoms with Crippen LogP contribution in [-0.2, 0) is 11.2 Å². The third-order valence-electron chi connectivity index (χ3n) is 3.06. The molecule has 1 amide bonds. The molecule has 2 aromatic rings. The van der Waals surface area contributed by atoms with Gasteiger partial charge in [-0.05, 0) is 36.2 Å². The van der Waals surface area contributed by atoms with Gasteiger partial charge in [0, 0.05) is 44.3 Å². The maximum absolute atomic E-state index is 11.8. The van der Waals surface area contributed by atoms with Gasteiger partial charge in [0.25, 0.3) is 0 Å². The van der Waals surface area contributed by atoms with E-state index in [1.54, 1.807) is 24.5 Å². The van der Waals surface area contributed by atoms with Crippen molar-refractivity contribution in [3.8, 4) is 0 Å². The van der Waals surface area contributed by atoms with Gasteiger partial charge in [0.1, 0.15) is 0 Å². The quantitative estimate of drug-likeness (QED) is 0.907. The SMILES string of the molecule is CN(C)c1ccc(CCC(=O)Nc2ccncc2)cc1. The van der Waals surface area contributed by atoms with Gasteiger partial charge < -0.3 is 10.2 Å². The number of benzene rings is 1. The Morgan fingerprint density at radius 2 is 1.75 bits per heavy atom. The molecule has 2 rings (SSSR count). The van der Waals surface area contributed by atoms with Gasteiger partial charge in [0.2, 0.25) is 5.91 Å². The van der Waals surface area contributed by atoms with Crippen molar-refractivity contribution < 1.29 is 4.79 Å². The van der Waals surface area contributed by atoms with Crippen molar-refractivity contribution in [2.45, 2.75) is 12.8 Å². The van der Waals surface area contributed by atoms with Crippen LogP contribution < -0.4 is 10.2 Å². The van der Waals surface area contributed by atoms with Crippen LogP contribution in [0.3, 0.4) is 0 Å². The van der Waals surface area contributed by atoms with Crippen LogP contribution in [0, 0.1) is 0 Å². The van der Waals surface area contributed by atoms with Gasteiger partial charge in [-0.1, -0.05) is 12.1 Å². The summed E-state index contributed by atoms with van der Waals surface area (Å²) in [4.78, 5) is 17.8. The van der Waals surface area contributed by atoms with Crippen molar-refractivity contribution in [1.82, 2.24) is 4.98 Å². The second-order valence-corrected chi connectivity index (χ2v) is 4.84. The Labute approximate surface area is 119 Å². The Morgan fingerprint density at radius 1 is 1.10 bits per heavy atom. The average molecular weight is 269 g/mol. The van der Waals surface area contributed by atoms with Gasteiger partial charge in [0.05, 0.1) is 0 Å². The zero-order valence-electron chi connectivity index (χ0n) is 11.8. The number of nitrogens with one attached hydrogen (secondary N) is 1. The normalized spacial score (nSPS) is 10.1. The van der Waals surface area contributed by atoms with E-state index in [4.69, 9.17) is 0 Å². The largest absolute Gasteiger partial charge is 0.378 e. The Balaban J connectivity index is 1.84. The minimum atomic E-state index is 0.0212. The number of anilines is 2. The second kappa shape index (κ2) is 6.70. The van der Waals surface area contributed by atoms with Crippen LogP contribution >= 0.6 is 0 Å². The van der Waals surface area contributed by atoms with Gasteiger partial charge in [-0.15, -0.1) is 0 Å². The van der Waals surface area contributed by atoms with Crippen molar-refractivity contribution in [3.05, 3.63) is 54.4 Å². The maximum atomic E-state index is 11.8. The number of rotatable bonds is 5. The molecule has 0 fully saturated rings. The van der Waals surface area contributed by atoms with E-state index in [0.29, 0.717) is 6.42 Å². The maximum Gasteiger partial charge on any atom is 0.224 e. The Kier molecular flexibility index (Phi) is 4.71. The zero-order valence-corrected chi connectivity index (χ0v) is 11.8. The van der Waals surface area contributed by atoms with Crippen LogP contribution in [0.1, 0.15) is 12.0 Å². The molecule has 0 aliphatic rings. The molecule has 0 saturated carbocycles. The summed E-state index contributed by atoms with van der Waals surface area (Å²) in [5.74, 6) is 0.0212. The number of amides is 1. The molecule has 1 aromatic carbocycles. The molecular formula is C16H19N3O. The Bertz CT molecular complexity index is 550. The van der Waals surface area contributed by atoms with Gasteiger partial charge in [0.15, 0.2) is 0 Å². The molecule has 0 atom stereocenters. The van der Waals surface area contributed by atoms with Crippen LogP contribution in [0.2, 0.25) is 0 Å². The fraction of sp³-hybridized carbons (Fsp3) is 0.250. The van der Waals surface area contributed by atoms with E-state index in [2.05, 4.69) is 39.5 Å². The first-order chi connectivity index (χ1) is 9.65. The molecule has 0 aliphatic carbocycles. The molecule has 4 nitrogen and oxygen atoms in total. The van der Waals surface area contributed by atoms with E-state index in [1.165, 1.54) is 5.56 Å². The van der Waals surface area contributed by atoms with Crippen LogP contribution in [0.4, 0.5) is 11.4 Å². The predicted octanol–water partition coefficient (Wildman–Crippen LogP) is 2.72. The molecule has 104 valence electrons. The van der Waals surface area contributed by atoms with E-state index < -0.39 is 0 Å². The van der Waals surface area contributed by atoms with E-state index >= 15 is 0 Å². The summed E-state index contributed by atoms with van der Waals surface area (Å²) in [7, 11) is 4.02. The first kappa shape index (κ1) is 14.1. The Morgan fingerprint density at radius 3 is 2.35 bits per heavy atom. The number of aromatic nitrogens is 1. The summed E-state index contributed by atoms with van der Waals surface area (Å²) in [6.45, 7) is 0. The number of nitrogens with zero attached hydrogens (tertiary/aromatic N) is 2. The highest BCUT2D eigenvalue weighted by atomic mass is 16.1. The highest BCUT2D eigenvalue weighted by Crippen LogP contribution is 2.13. The van der Waals surface area contributed by atoms with E-state index in [1.807, 2.05) is 14.1 Å². The smallest absolute Gasteiger partial charge is 0.224 e. The summed E-state index contributed by atoms with van der Waals surface area (Å²) >= 11 is 0. The summed E-state index contributed by atoms with van der Waals surface area (Å²) < 4.78 is 0. The molecule has 0 aliphatic heterocycles. The van der Waals surface area contributed by atoms with Crippen LogP contribution in [-0.4, -0.2) is 25.0 Å². The van der Waals surface area contributed by atoms with Crippen molar-refractivity contribution in [3.63, 3.8) is 0 Å². The van der Waals surface area contributed by atoms with Crippen LogP contribution in [0.25, 0.3) is 0 Å². The molecule has 1 aromatic heterocycles. The summed E-state index contributed by atoms with van der Waals surface area (Å²) in [5.41, 5.74) is 3.11. The summed E-state index contributed by atoms with van der Waals surface area (Å²) in [6.07, 6.45) is 4.54. The molecule has 0 spiro atoms. The number of aryl methyl sites for hydroxylation is 1. The highest BCUT2D eigenvalue weighted by molar-refractivity contribution is 5.90. The predicted molar refractivity (Wildman–Crippen MR) is 82.0 cm³/mol. The number of hydrogen-bond donors (Lipinski definition) is 1. The molecule has 0 unspecified atom stereocenters. The number of carbonyl (C=O) groups excluding carboxylic acids is 1. The lowest BCUT2D eigenvalue weighted by molar-refractivity contribution is -0.116. The monoisotopic (exact) mass is 269 g/mol. The second-order valence-electron chi connectivity index (χ2n) is 4.84. The lowest BCUT2D eigenvalue weighted by Crippen LogP contribution is -2.12. The van der Waals surface area contributed by atoms with Gasteiger partial charge in [-0.2, -0.15) is 0 Å². The lowest BCUT2D eigenvalue weighted by Gasteiger charge is -2.12. The third-order valence-corrected chi connectivity index (χ3v) is 3.06. The summed E-state index contributed by atoms with van der Waals surface area (Å²) in [6, 6.07) is 11.8.